The van der Waals surface area contributed by atoms with Gasteiger partial charge in [0.25, 0.3) is 0 Å². The third-order valence-electron chi connectivity index (χ3n) is 1.41. The van der Waals surface area contributed by atoms with Gasteiger partial charge < -0.3 is 0 Å². The molecule has 0 N–H and O–H groups in total. The molecule has 1 aliphatic rings. The maximum absolute atomic E-state index is 10.5. The van der Waals surface area contributed by atoms with Crippen LogP contribution in [0.15, 0.2) is 0 Å². The standard InChI is InChI=1S/C6H10O.2ClH.Co/c7-6-4-2-1-3-5-6;;;/h1-5H2;2*1H;/q;;;+2/p-2. The van der Waals surface area contributed by atoms with Crippen molar-refractivity contribution in [1.82, 2.24) is 0 Å². The molecule has 0 unspecified atom stereocenters. The third-order valence-corrected chi connectivity index (χ3v) is 1.41. The molecular formula is C6H10Cl2CoO. The van der Waals surface area contributed by atoms with Crippen molar-refractivity contribution in [3.05, 3.63) is 0 Å². The number of hydrogen-bond acceptors (Lipinski definition) is 1. The van der Waals surface area contributed by atoms with E-state index in [0.29, 0.717) is 18.7 Å². The normalized spacial score (nSPS) is 18.0. The molecule has 0 bridgehead atoms. The zero-order chi connectivity index (χ0) is 7.82. The van der Waals surface area contributed by atoms with Crippen LogP contribution in [-0.4, -0.2) is 5.78 Å². The summed E-state index contributed by atoms with van der Waals surface area (Å²) in [4.78, 5) is 10.5. The van der Waals surface area contributed by atoms with Crippen LogP contribution < -0.4 is 0 Å². The molecule has 1 aliphatic carbocycles. The van der Waals surface area contributed by atoms with Gasteiger partial charge in [0.2, 0.25) is 0 Å². The van der Waals surface area contributed by atoms with Gasteiger partial charge in [-0.1, -0.05) is 6.42 Å². The molecule has 0 aromatic rings. The van der Waals surface area contributed by atoms with E-state index >= 15 is 0 Å². The van der Waals surface area contributed by atoms with Crippen molar-refractivity contribution in [1.29, 1.82) is 0 Å². The van der Waals surface area contributed by atoms with Crippen molar-refractivity contribution in [2.75, 3.05) is 0 Å². The molecule has 1 nitrogen and oxygen atoms in total. The number of hydrogen-bond donors (Lipinski definition) is 0. The Morgan fingerprint density at radius 3 is 1.70 bits per heavy atom. The van der Waals surface area contributed by atoms with E-state index in [1.807, 2.05) is 0 Å². The molecule has 0 amide bonds. The Kier molecular flexibility index (Phi) is 8.45. The summed E-state index contributed by atoms with van der Waals surface area (Å²) in [5, 5.41) is 0. The topological polar surface area (TPSA) is 17.1 Å². The molecule has 0 saturated heterocycles. The second kappa shape index (κ2) is 7.86. The fourth-order valence-corrected chi connectivity index (χ4v) is 0.946. The first-order valence-corrected chi connectivity index (χ1v) is 6.03. The molecule has 1 saturated carbocycles. The summed E-state index contributed by atoms with van der Waals surface area (Å²) in [5.74, 6) is 0.464. The molecule has 0 radical (unpaired) electrons. The zero-order valence-corrected chi connectivity index (χ0v) is 8.09. The van der Waals surface area contributed by atoms with Crippen molar-refractivity contribution < 1.29 is 17.7 Å². The monoisotopic (exact) mass is 227 g/mol. The van der Waals surface area contributed by atoms with E-state index in [9.17, 15) is 4.79 Å². The van der Waals surface area contributed by atoms with Crippen LogP contribution in [-0.2, 0) is 17.7 Å². The Morgan fingerprint density at radius 2 is 1.50 bits per heavy atom. The van der Waals surface area contributed by atoms with Gasteiger partial charge in [0.05, 0.1) is 0 Å². The number of Topliss-reactive ketones (excluding diaryl/α,β-unsaturated/α-hetero) is 1. The summed E-state index contributed by atoms with van der Waals surface area (Å²) in [5.41, 5.74) is 0. The van der Waals surface area contributed by atoms with Crippen LogP contribution in [0.25, 0.3) is 0 Å². The summed E-state index contributed by atoms with van der Waals surface area (Å²) in [6, 6.07) is 0. The summed E-state index contributed by atoms with van der Waals surface area (Å²) in [6.45, 7) is 0. The molecule has 4 heteroatoms. The first-order valence-electron chi connectivity index (χ1n) is 3.16. The van der Waals surface area contributed by atoms with E-state index in [1.54, 1.807) is 0 Å². The third kappa shape index (κ3) is 6.87. The van der Waals surface area contributed by atoms with E-state index in [4.69, 9.17) is 20.3 Å². The van der Waals surface area contributed by atoms with Crippen molar-refractivity contribution in [2.45, 2.75) is 32.1 Å². The second-order valence-corrected chi connectivity index (χ2v) is 3.87. The molecule has 0 spiro atoms. The molecule has 10 heavy (non-hydrogen) atoms. The maximum atomic E-state index is 10.5. The van der Waals surface area contributed by atoms with Crippen LogP contribution in [0.3, 0.4) is 0 Å². The Labute approximate surface area is 75.9 Å². The van der Waals surface area contributed by atoms with Crippen LogP contribution in [0, 0.1) is 0 Å². The molecule has 0 aromatic heterocycles. The quantitative estimate of drug-likeness (QED) is 0.622. The van der Waals surface area contributed by atoms with E-state index < -0.39 is 0 Å². The molecular weight excluding hydrogens is 218 g/mol. The number of halogens is 2. The van der Waals surface area contributed by atoms with Gasteiger partial charge in [-0.05, 0) is 12.8 Å². The molecule has 1 fully saturated rings. The minimum atomic E-state index is 0.382. The first kappa shape index (κ1) is 10.8. The van der Waals surface area contributed by atoms with Crippen LogP contribution in [0.1, 0.15) is 32.1 Å². The van der Waals surface area contributed by atoms with Crippen LogP contribution in [0.2, 0.25) is 0 Å². The van der Waals surface area contributed by atoms with Crippen LogP contribution in [0.5, 0.6) is 0 Å². The van der Waals surface area contributed by atoms with Crippen molar-refractivity contribution in [2.24, 2.45) is 0 Å². The van der Waals surface area contributed by atoms with E-state index in [-0.39, 0.29) is 0 Å². The van der Waals surface area contributed by atoms with Crippen LogP contribution >= 0.6 is 20.3 Å². The van der Waals surface area contributed by atoms with E-state index in [1.165, 1.54) is 6.42 Å². The minimum absolute atomic E-state index is 0.382. The summed E-state index contributed by atoms with van der Waals surface area (Å²) < 4.78 is 0. The average Bonchev–Trinajstić information content (AvgIpc) is 1.91. The molecule has 0 atom stereocenters. The van der Waals surface area contributed by atoms with Gasteiger partial charge in [0, 0.05) is 12.8 Å². The van der Waals surface area contributed by atoms with E-state index in [0.717, 1.165) is 25.7 Å². The fraction of sp³-hybridized carbons (Fsp3) is 0.833. The number of ketones is 1. The van der Waals surface area contributed by atoms with Gasteiger partial charge in [-0.3, -0.25) is 4.79 Å². The Balaban J connectivity index is 0.000000236. The summed E-state index contributed by atoms with van der Waals surface area (Å²) in [7, 11) is 9.47. The zero-order valence-electron chi connectivity index (χ0n) is 5.53. The van der Waals surface area contributed by atoms with E-state index in [2.05, 4.69) is 0 Å². The summed E-state index contributed by atoms with van der Waals surface area (Å²) >= 11 is 0.382. The van der Waals surface area contributed by atoms with Gasteiger partial charge in [0.1, 0.15) is 5.78 Å². The molecule has 0 aliphatic heterocycles. The van der Waals surface area contributed by atoms with Gasteiger partial charge in [0.15, 0.2) is 0 Å². The number of carbonyl (C=O) groups excluding carboxylic acids is 1. The average molecular weight is 228 g/mol. The van der Waals surface area contributed by atoms with Crippen molar-refractivity contribution >= 4 is 26.1 Å². The Hall–Kier alpha value is 0.756. The second-order valence-electron chi connectivity index (χ2n) is 2.15. The van der Waals surface area contributed by atoms with Crippen LogP contribution in [0.4, 0.5) is 0 Å². The van der Waals surface area contributed by atoms with Gasteiger partial charge in [-0.15, -0.1) is 0 Å². The molecule has 0 heterocycles. The Bertz CT molecular complexity index is 89.7. The predicted molar refractivity (Wildman–Crippen MR) is 39.8 cm³/mol. The Morgan fingerprint density at radius 1 is 1.10 bits per heavy atom. The first-order chi connectivity index (χ1) is 4.81. The fourth-order valence-electron chi connectivity index (χ4n) is 0.946. The SMILES string of the molecule is O=C1CCCCC1.[Cl][Co][Cl]. The molecule has 0 aromatic carbocycles. The van der Waals surface area contributed by atoms with Crippen molar-refractivity contribution in [3.8, 4) is 0 Å². The number of carbonyl (C=O) groups is 1. The van der Waals surface area contributed by atoms with Crippen molar-refractivity contribution in [3.63, 3.8) is 0 Å². The number of rotatable bonds is 0. The van der Waals surface area contributed by atoms with Gasteiger partial charge in [-0.2, -0.15) is 0 Å². The van der Waals surface area contributed by atoms with Gasteiger partial charge in [-0.25, -0.2) is 0 Å². The summed E-state index contributed by atoms with van der Waals surface area (Å²) in [6.07, 6.45) is 5.24. The molecule has 63 valence electrons. The van der Waals surface area contributed by atoms with Gasteiger partial charge >= 0.3 is 33.2 Å². The molecule has 1 rings (SSSR count). The predicted octanol–water partition coefficient (Wildman–Crippen LogP) is 2.90.